The van der Waals surface area contributed by atoms with E-state index in [0.717, 1.165) is 0 Å². The van der Waals surface area contributed by atoms with E-state index in [-0.39, 0.29) is 0 Å². The lowest BCUT2D eigenvalue weighted by molar-refractivity contribution is 0.386. The molecule has 0 heterocycles. The maximum Gasteiger partial charge on any atom is 0.348 e. The second-order valence-corrected chi connectivity index (χ2v) is 3.47. The molecule has 3 nitrogen and oxygen atoms in total. The van der Waals surface area contributed by atoms with Crippen LogP contribution in [-0.4, -0.2) is 9.79 Å². The van der Waals surface area contributed by atoms with E-state index < -0.39 is 7.60 Å². The Bertz CT molecular complexity index is 226. The average Bonchev–Trinajstić information content (AvgIpc) is 2.07. The van der Waals surface area contributed by atoms with Crippen molar-refractivity contribution in [2.45, 2.75) is 0 Å². The molecule has 0 saturated carbocycles. The van der Waals surface area contributed by atoms with Gasteiger partial charge in [-0.2, -0.15) is 0 Å². The summed E-state index contributed by atoms with van der Waals surface area (Å²) < 4.78 is 9.58. The zero-order valence-electron chi connectivity index (χ0n) is 6.50. The SMILES string of the molecule is C=CP(=O)(O)O.c1ccccc1. The standard InChI is InChI=1S/C6H6.C2H5O3P/c1-2-4-6-5-3-1;1-2-6(3,4)5/h1-6H;2H,1H2,(H2,3,4,5). The fraction of sp³-hybridized carbons (Fsp3) is 0. The summed E-state index contributed by atoms with van der Waals surface area (Å²) in [5.74, 6) is 0.604. The molecule has 0 fully saturated rings. The monoisotopic (exact) mass is 186 g/mol. The Morgan fingerprint density at radius 3 is 1.25 bits per heavy atom. The third-order valence-corrected chi connectivity index (χ3v) is 1.38. The van der Waals surface area contributed by atoms with Gasteiger partial charge in [0.2, 0.25) is 0 Å². The second-order valence-electron chi connectivity index (χ2n) is 1.93. The van der Waals surface area contributed by atoms with Crippen LogP contribution < -0.4 is 0 Å². The minimum atomic E-state index is -3.88. The summed E-state index contributed by atoms with van der Waals surface area (Å²) >= 11 is 0. The molecule has 0 aliphatic carbocycles. The van der Waals surface area contributed by atoms with Gasteiger partial charge in [-0.05, 0) is 0 Å². The normalized spacial score (nSPS) is 9.50. The molecular formula is C8H11O3P. The largest absolute Gasteiger partial charge is 0.348 e. The van der Waals surface area contributed by atoms with Gasteiger partial charge in [-0.1, -0.05) is 43.0 Å². The van der Waals surface area contributed by atoms with Crippen molar-refractivity contribution in [2.75, 3.05) is 0 Å². The predicted octanol–water partition coefficient (Wildman–Crippen LogP) is 1.99. The van der Waals surface area contributed by atoms with Crippen molar-refractivity contribution in [3.63, 3.8) is 0 Å². The summed E-state index contributed by atoms with van der Waals surface area (Å²) in [5, 5.41) is 0. The molecule has 66 valence electrons. The summed E-state index contributed by atoms with van der Waals surface area (Å²) in [6, 6.07) is 12.0. The van der Waals surface area contributed by atoms with Crippen LogP contribution in [0.4, 0.5) is 0 Å². The molecule has 0 atom stereocenters. The quantitative estimate of drug-likeness (QED) is 0.659. The molecule has 1 rings (SSSR count). The molecule has 12 heavy (non-hydrogen) atoms. The molecule has 0 spiro atoms. The predicted molar refractivity (Wildman–Crippen MR) is 48.7 cm³/mol. The van der Waals surface area contributed by atoms with E-state index in [0.29, 0.717) is 5.82 Å². The third kappa shape index (κ3) is 9.11. The maximum absolute atomic E-state index is 9.58. The highest BCUT2D eigenvalue weighted by Gasteiger charge is 2.00. The minimum absolute atomic E-state index is 0.604. The van der Waals surface area contributed by atoms with E-state index in [9.17, 15) is 4.57 Å². The first-order valence-electron chi connectivity index (χ1n) is 3.25. The van der Waals surface area contributed by atoms with Crippen LogP contribution in [-0.2, 0) is 4.57 Å². The lowest BCUT2D eigenvalue weighted by Gasteiger charge is -1.87. The smallest absolute Gasteiger partial charge is 0.321 e. The van der Waals surface area contributed by atoms with Crippen molar-refractivity contribution in [3.05, 3.63) is 48.8 Å². The lowest BCUT2D eigenvalue weighted by atomic mass is 10.4. The van der Waals surface area contributed by atoms with Crippen LogP contribution in [0.5, 0.6) is 0 Å². The average molecular weight is 186 g/mol. The topological polar surface area (TPSA) is 57.5 Å². The van der Waals surface area contributed by atoms with Gasteiger partial charge in [0.05, 0.1) is 0 Å². The summed E-state index contributed by atoms with van der Waals surface area (Å²) in [7, 11) is -3.88. The van der Waals surface area contributed by atoms with Crippen molar-refractivity contribution in [1.82, 2.24) is 0 Å². The van der Waals surface area contributed by atoms with Gasteiger partial charge in [0, 0.05) is 5.82 Å². The first kappa shape index (κ1) is 11.1. The van der Waals surface area contributed by atoms with Crippen molar-refractivity contribution >= 4 is 7.60 Å². The molecule has 0 aliphatic rings. The molecular weight excluding hydrogens is 175 g/mol. The fourth-order valence-corrected chi connectivity index (χ4v) is 0.385. The first-order valence-corrected chi connectivity index (χ1v) is 4.93. The third-order valence-electron chi connectivity index (χ3n) is 0.905. The van der Waals surface area contributed by atoms with Crippen molar-refractivity contribution < 1.29 is 14.4 Å². The summed E-state index contributed by atoms with van der Waals surface area (Å²) in [6.45, 7) is 2.87. The second kappa shape index (κ2) is 5.72. The maximum atomic E-state index is 9.58. The summed E-state index contributed by atoms with van der Waals surface area (Å²) in [5.41, 5.74) is 0. The van der Waals surface area contributed by atoms with E-state index in [1.807, 2.05) is 36.4 Å². The molecule has 2 N–H and O–H groups in total. The van der Waals surface area contributed by atoms with E-state index in [4.69, 9.17) is 9.79 Å². The van der Waals surface area contributed by atoms with Crippen LogP contribution in [0.15, 0.2) is 48.8 Å². The van der Waals surface area contributed by atoms with Crippen LogP contribution in [0.25, 0.3) is 0 Å². The number of rotatable bonds is 1. The zero-order valence-corrected chi connectivity index (χ0v) is 7.39. The number of hydrogen-bond acceptors (Lipinski definition) is 1. The summed E-state index contributed by atoms with van der Waals surface area (Å²) in [4.78, 5) is 15.6. The van der Waals surface area contributed by atoms with E-state index in [1.54, 1.807) is 0 Å². The Kier molecular flexibility index (Phi) is 5.30. The van der Waals surface area contributed by atoms with Crippen LogP contribution >= 0.6 is 7.60 Å². The highest BCUT2D eigenvalue weighted by atomic mass is 31.2. The fourth-order valence-electron chi connectivity index (χ4n) is 0.385. The van der Waals surface area contributed by atoms with Crippen molar-refractivity contribution in [1.29, 1.82) is 0 Å². The lowest BCUT2D eigenvalue weighted by Crippen LogP contribution is -1.63. The molecule has 0 bridgehead atoms. The van der Waals surface area contributed by atoms with Crippen LogP contribution in [0.1, 0.15) is 0 Å². The Balaban J connectivity index is 0.000000202. The minimum Gasteiger partial charge on any atom is -0.321 e. The number of hydrogen-bond donors (Lipinski definition) is 2. The first-order chi connectivity index (χ1) is 5.56. The van der Waals surface area contributed by atoms with Crippen molar-refractivity contribution in [3.8, 4) is 0 Å². The van der Waals surface area contributed by atoms with Crippen LogP contribution in [0.2, 0.25) is 0 Å². The summed E-state index contributed by atoms with van der Waals surface area (Å²) in [6.07, 6.45) is 0. The molecule has 4 heteroatoms. The van der Waals surface area contributed by atoms with Gasteiger partial charge in [0.15, 0.2) is 0 Å². The molecule has 0 saturated heterocycles. The Labute approximate surface area is 71.5 Å². The Morgan fingerprint density at radius 1 is 1.00 bits per heavy atom. The Morgan fingerprint density at radius 2 is 1.17 bits per heavy atom. The zero-order chi connectivity index (χ0) is 9.45. The molecule has 0 aromatic heterocycles. The molecule has 0 radical (unpaired) electrons. The van der Waals surface area contributed by atoms with Crippen LogP contribution in [0, 0.1) is 0 Å². The van der Waals surface area contributed by atoms with Gasteiger partial charge in [-0.15, -0.1) is 0 Å². The highest BCUT2D eigenvalue weighted by Crippen LogP contribution is 2.34. The van der Waals surface area contributed by atoms with Gasteiger partial charge in [-0.25, -0.2) is 0 Å². The van der Waals surface area contributed by atoms with Crippen LogP contribution in [0.3, 0.4) is 0 Å². The molecule has 0 aliphatic heterocycles. The molecule has 0 unspecified atom stereocenters. The van der Waals surface area contributed by atoms with Gasteiger partial charge in [0.25, 0.3) is 0 Å². The van der Waals surface area contributed by atoms with E-state index >= 15 is 0 Å². The number of benzene rings is 1. The van der Waals surface area contributed by atoms with Crippen molar-refractivity contribution in [2.24, 2.45) is 0 Å². The molecule has 0 amide bonds. The molecule has 1 aromatic rings. The van der Waals surface area contributed by atoms with Gasteiger partial charge < -0.3 is 9.79 Å². The molecule has 1 aromatic carbocycles. The van der Waals surface area contributed by atoms with Gasteiger partial charge >= 0.3 is 7.60 Å². The van der Waals surface area contributed by atoms with Gasteiger partial charge in [-0.3, -0.25) is 4.57 Å². The van der Waals surface area contributed by atoms with E-state index in [2.05, 4.69) is 6.58 Å². The highest BCUT2D eigenvalue weighted by molar-refractivity contribution is 7.55. The van der Waals surface area contributed by atoms with E-state index in [1.165, 1.54) is 0 Å². The van der Waals surface area contributed by atoms with Gasteiger partial charge in [0.1, 0.15) is 0 Å². The Hall–Kier alpha value is -0.890.